The number of halogens is 4. The number of likely N-dealkylation sites (N-methyl/N-ethyl adjacent to an activating group) is 1. The highest BCUT2D eigenvalue weighted by atomic mass is 19.4. The summed E-state index contributed by atoms with van der Waals surface area (Å²) >= 11 is 0. The number of carbonyl (C=O) groups is 1. The minimum atomic E-state index is -4.58. The minimum Gasteiger partial charge on any atom is -0.351 e. The van der Waals surface area contributed by atoms with Gasteiger partial charge in [-0.15, -0.1) is 0 Å². The molecule has 3 aromatic carbocycles. The summed E-state index contributed by atoms with van der Waals surface area (Å²) in [6.07, 6.45) is -4.58. The van der Waals surface area contributed by atoms with Gasteiger partial charge in [0.05, 0.1) is 22.6 Å². The fourth-order valence-electron chi connectivity index (χ4n) is 3.96. The molecule has 1 amide bonds. The Bertz CT molecular complexity index is 1340. The van der Waals surface area contributed by atoms with Crippen LogP contribution in [0.25, 0.3) is 28.2 Å². The van der Waals surface area contributed by atoms with Gasteiger partial charge in [-0.2, -0.15) is 13.2 Å². The lowest BCUT2D eigenvalue weighted by atomic mass is 10.1. The summed E-state index contributed by atoms with van der Waals surface area (Å²) in [6.45, 7) is 1.19. The zero-order valence-electron chi connectivity index (χ0n) is 19.8. The molecule has 0 unspecified atom stereocenters. The largest absolute Gasteiger partial charge is 0.418 e. The Morgan fingerprint density at radius 2 is 1.39 bits per heavy atom. The lowest BCUT2D eigenvalue weighted by molar-refractivity contribution is -0.137. The molecule has 8 heteroatoms. The molecule has 4 nitrogen and oxygen atoms in total. The number of rotatable bonds is 7. The second kappa shape index (κ2) is 10.4. The molecule has 0 atom stereocenters. The van der Waals surface area contributed by atoms with Gasteiger partial charge in [0.25, 0.3) is 5.91 Å². The van der Waals surface area contributed by atoms with Crippen LogP contribution < -0.4 is 5.32 Å². The van der Waals surface area contributed by atoms with Crippen molar-refractivity contribution >= 4 is 5.91 Å². The highest BCUT2D eigenvalue weighted by Crippen LogP contribution is 2.39. The van der Waals surface area contributed by atoms with E-state index in [4.69, 9.17) is 0 Å². The lowest BCUT2D eigenvalue weighted by Crippen LogP contribution is -2.31. The van der Waals surface area contributed by atoms with E-state index in [9.17, 15) is 22.4 Å². The van der Waals surface area contributed by atoms with Crippen molar-refractivity contribution < 1.29 is 22.4 Å². The first kappa shape index (κ1) is 25.2. The molecule has 4 aromatic rings. The molecule has 0 aliphatic heterocycles. The van der Waals surface area contributed by atoms with Crippen LogP contribution in [-0.4, -0.2) is 42.6 Å². The van der Waals surface area contributed by atoms with Crippen molar-refractivity contribution in [2.45, 2.75) is 6.18 Å². The average Bonchev–Trinajstić information content (AvgIpc) is 3.29. The average molecular weight is 496 g/mol. The van der Waals surface area contributed by atoms with Crippen LogP contribution in [0.5, 0.6) is 0 Å². The molecule has 0 saturated carbocycles. The normalized spacial score (nSPS) is 11.6. The van der Waals surface area contributed by atoms with E-state index in [-0.39, 0.29) is 11.6 Å². The maximum Gasteiger partial charge on any atom is 0.418 e. The Morgan fingerprint density at radius 1 is 0.833 bits per heavy atom. The second-order valence-corrected chi connectivity index (χ2v) is 8.60. The second-order valence-electron chi connectivity index (χ2n) is 8.60. The SMILES string of the molecule is CN(C)CCNC(=O)c1ccc(-c2ccc(-c3ccc(F)cc3)n2-c2ccccc2C(F)(F)F)cc1. The van der Waals surface area contributed by atoms with Gasteiger partial charge >= 0.3 is 6.18 Å². The van der Waals surface area contributed by atoms with Crippen LogP contribution in [0.3, 0.4) is 0 Å². The van der Waals surface area contributed by atoms with E-state index in [0.29, 0.717) is 41.2 Å². The standard InChI is InChI=1S/C28H25F4N3O/c1-34(2)18-17-33-27(36)21-9-7-19(8-10-21)24-15-16-25(20-11-13-22(29)14-12-20)35(24)26-6-4-3-5-23(26)28(30,31)32/h3-16H,17-18H2,1-2H3,(H,33,36). The van der Waals surface area contributed by atoms with E-state index in [0.717, 1.165) is 6.07 Å². The van der Waals surface area contributed by atoms with Gasteiger partial charge in [-0.05, 0) is 85.9 Å². The van der Waals surface area contributed by atoms with Crippen molar-refractivity contribution in [2.24, 2.45) is 0 Å². The number of hydrogen-bond acceptors (Lipinski definition) is 2. The van der Waals surface area contributed by atoms with Gasteiger partial charge in [-0.25, -0.2) is 4.39 Å². The number of nitrogens with one attached hydrogen (secondary N) is 1. The van der Waals surface area contributed by atoms with Gasteiger partial charge in [0.2, 0.25) is 0 Å². The van der Waals surface area contributed by atoms with Gasteiger partial charge in [0.15, 0.2) is 0 Å². The Hall–Kier alpha value is -3.91. The molecule has 1 N–H and O–H groups in total. The lowest BCUT2D eigenvalue weighted by Gasteiger charge is -2.19. The third-order valence-electron chi connectivity index (χ3n) is 5.76. The fourth-order valence-corrected chi connectivity index (χ4v) is 3.96. The van der Waals surface area contributed by atoms with Crippen molar-refractivity contribution in [3.8, 4) is 28.2 Å². The molecule has 0 spiro atoms. The monoisotopic (exact) mass is 495 g/mol. The zero-order valence-corrected chi connectivity index (χ0v) is 19.8. The van der Waals surface area contributed by atoms with Gasteiger partial charge in [-0.1, -0.05) is 24.3 Å². The first-order valence-corrected chi connectivity index (χ1v) is 11.3. The van der Waals surface area contributed by atoms with Gasteiger partial charge in [-0.3, -0.25) is 4.79 Å². The van der Waals surface area contributed by atoms with Gasteiger partial charge < -0.3 is 14.8 Å². The van der Waals surface area contributed by atoms with Crippen LogP contribution >= 0.6 is 0 Å². The highest BCUT2D eigenvalue weighted by molar-refractivity contribution is 5.94. The van der Waals surface area contributed by atoms with Crippen LogP contribution in [0.1, 0.15) is 15.9 Å². The van der Waals surface area contributed by atoms with E-state index in [2.05, 4.69) is 5.32 Å². The maximum atomic E-state index is 13.9. The third kappa shape index (κ3) is 5.49. The summed E-state index contributed by atoms with van der Waals surface area (Å²) in [5.74, 6) is -0.666. The van der Waals surface area contributed by atoms with Crippen LogP contribution in [0.4, 0.5) is 17.6 Å². The molecule has 0 radical (unpaired) electrons. The summed E-state index contributed by atoms with van der Waals surface area (Å²) in [5.41, 5.74) is 1.79. The summed E-state index contributed by atoms with van der Waals surface area (Å²) in [6, 6.07) is 21.1. The first-order chi connectivity index (χ1) is 17.1. The van der Waals surface area contributed by atoms with E-state index >= 15 is 0 Å². The van der Waals surface area contributed by atoms with Gasteiger partial charge in [0, 0.05) is 18.7 Å². The Kier molecular flexibility index (Phi) is 7.26. The fraction of sp³-hybridized carbons (Fsp3) is 0.179. The molecule has 186 valence electrons. The van der Waals surface area contributed by atoms with Crippen LogP contribution in [0, 0.1) is 5.82 Å². The van der Waals surface area contributed by atoms with Crippen molar-refractivity contribution in [3.63, 3.8) is 0 Å². The first-order valence-electron chi connectivity index (χ1n) is 11.3. The van der Waals surface area contributed by atoms with Crippen LogP contribution in [0.2, 0.25) is 0 Å². The van der Waals surface area contributed by atoms with Crippen molar-refractivity contribution in [2.75, 3.05) is 27.2 Å². The van der Waals surface area contributed by atoms with E-state index in [1.54, 1.807) is 42.5 Å². The third-order valence-corrected chi connectivity index (χ3v) is 5.76. The molecule has 4 rings (SSSR count). The molecule has 0 aliphatic rings. The summed E-state index contributed by atoms with van der Waals surface area (Å²) in [4.78, 5) is 14.4. The number of carbonyl (C=O) groups excluding carboxylic acids is 1. The molecule has 0 aliphatic carbocycles. The van der Waals surface area contributed by atoms with E-state index < -0.39 is 17.6 Å². The van der Waals surface area contributed by atoms with E-state index in [1.807, 2.05) is 19.0 Å². The smallest absolute Gasteiger partial charge is 0.351 e. The molecule has 36 heavy (non-hydrogen) atoms. The van der Waals surface area contributed by atoms with Crippen LogP contribution in [0.15, 0.2) is 84.9 Å². The minimum absolute atomic E-state index is 0.0465. The Balaban J connectivity index is 1.79. The number of hydrogen-bond donors (Lipinski definition) is 1. The molecular weight excluding hydrogens is 470 g/mol. The van der Waals surface area contributed by atoms with Crippen molar-refractivity contribution in [1.29, 1.82) is 0 Å². The van der Waals surface area contributed by atoms with Gasteiger partial charge in [0.1, 0.15) is 5.82 Å². The Morgan fingerprint density at radius 3 is 1.94 bits per heavy atom. The maximum absolute atomic E-state index is 13.9. The predicted molar refractivity (Wildman–Crippen MR) is 132 cm³/mol. The topological polar surface area (TPSA) is 37.3 Å². The molecule has 0 fully saturated rings. The molecule has 0 saturated heterocycles. The number of aromatic nitrogens is 1. The molecule has 1 aromatic heterocycles. The quantitative estimate of drug-likeness (QED) is 0.307. The predicted octanol–water partition coefficient (Wildman–Crippen LogP) is 6.26. The zero-order chi connectivity index (χ0) is 25.9. The summed E-state index contributed by atoms with van der Waals surface area (Å²) in [5, 5.41) is 2.84. The van der Waals surface area contributed by atoms with Crippen molar-refractivity contribution in [3.05, 3.63) is 102 Å². The van der Waals surface area contributed by atoms with E-state index in [1.165, 1.54) is 41.0 Å². The van der Waals surface area contributed by atoms with Crippen molar-refractivity contribution in [1.82, 2.24) is 14.8 Å². The number of alkyl halides is 3. The van der Waals surface area contributed by atoms with Crippen LogP contribution in [-0.2, 0) is 6.18 Å². The highest BCUT2D eigenvalue weighted by Gasteiger charge is 2.34. The number of nitrogens with zero attached hydrogens (tertiary/aromatic N) is 2. The molecule has 1 heterocycles. The number of benzene rings is 3. The Labute approximate surface area is 206 Å². The number of para-hydroxylation sites is 1. The molecular formula is C28H25F4N3O. The number of amides is 1. The summed E-state index contributed by atoms with van der Waals surface area (Å²) in [7, 11) is 3.82. The summed E-state index contributed by atoms with van der Waals surface area (Å²) < 4.78 is 56.9. The molecule has 0 bridgehead atoms.